The molecule has 0 spiro atoms. The van der Waals surface area contributed by atoms with Crippen LogP contribution >= 0.6 is 37.0 Å². The smallest absolute Gasteiger partial charge is 0.313 e. The summed E-state index contributed by atoms with van der Waals surface area (Å²) >= 11 is 0. The van der Waals surface area contributed by atoms with Crippen LogP contribution in [-0.2, 0) is 4.79 Å². The molecular formula is C11H18O2P4. The van der Waals surface area contributed by atoms with Gasteiger partial charge in [-0.1, -0.05) is 13.8 Å². The van der Waals surface area contributed by atoms with E-state index in [-0.39, 0.29) is 11.9 Å². The van der Waals surface area contributed by atoms with E-state index in [0.717, 1.165) is 26.8 Å². The molecule has 0 aromatic heterocycles. The minimum atomic E-state index is -0.206. The van der Waals surface area contributed by atoms with Gasteiger partial charge in [0.25, 0.3) is 0 Å². The summed E-state index contributed by atoms with van der Waals surface area (Å²) in [5.41, 5.74) is 0.977. The summed E-state index contributed by atoms with van der Waals surface area (Å²) in [6.07, 6.45) is 0. The highest BCUT2D eigenvalue weighted by Gasteiger charge is 2.18. The lowest BCUT2D eigenvalue weighted by atomic mass is 10.2. The van der Waals surface area contributed by atoms with E-state index in [1.165, 1.54) is 0 Å². The number of ether oxygens (including phenoxy) is 1. The Morgan fingerprint density at radius 3 is 1.94 bits per heavy atom. The Bertz CT molecular complexity index is 440. The van der Waals surface area contributed by atoms with Crippen LogP contribution in [-0.4, -0.2) is 5.97 Å². The van der Waals surface area contributed by atoms with E-state index in [9.17, 15) is 4.79 Å². The molecule has 0 aliphatic heterocycles. The van der Waals surface area contributed by atoms with Gasteiger partial charge in [0.05, 0.1) is 5.92 Å². The van der Waals surface area contributed by atoms with Crippen LogP contribution in [0.15, 0.2) is 0 Å². The molecule has 0 N–H and O–H groups in total. The summed E-state index contributed by atoms with van der Waals surface area (Å²) in [7, 11) is 10.7. The molecule has 6 heteroatoms. The lowest BCUT2D eigenvalue weighted by Gasteiger charge is -2.18. The van der Waals surface area contributed by atoms with E-state index in [1.54, 1.807) is 0 Å². The topological polar surface area (TPSA) is 26.3 Å². The lowest BCUT2D eigenvalue weighted by Crippen LogP contribution is -2.36. The Labute approximate surface area is 112 Å². The molecule has 0 amide bonds. The third-order valence-electron chi connectivity index (χ3n) is 2.53. The zero-order valence-electron chi connectivity index (χ0n) is 10.2. The molecule has 0 saturated carbocycles. The Morgan fingerprint density at radius 2 is 1.47 bits per heavy atom. The normalized spacial score (nSPS) is 10.8. The van der Waals surface area contributed by atoms with Crippen LogP contribution < -0.4 is 26.0 Å². The summed E-state index contributed by atoms with van der Waals surface area (Å²) < 4.78 is 5.46. The van der Waals surface area contributed by atoms with Crippen molar-refractivity contribution in [1.82, 2.24) is 0 Å². The fourth-order valence-electron chi connectivity index (χ4n) is 1.29. The number of hydrogen-bond acceptors (Lipinski definition) is 2. The molecule has 94 valence electrons. The van der Waals surface area contributed by atoms with Crippen LogP contribution in [0.5, 0.6) is 5.75 Å². The SMILES string of the molecule is Cc1c(P)c(P)c(P)c(P)c1OC(=O)C(C)C. The van der Waals surface area contributed by atoms with Gasteiger partial charge in [-0.25, -0.2) is 0 Å². The molecule has 4 unspecified atom stereocenters. The highest BCUT2D eigenvalue weighted by Crippen LogP contribution is 2.19. The second-order valence-corrected chi connectivity index (χ2v) is 6.49. The molecule has 0 aliphatic carbocycles. The summed E-state index contributed by atoms with van der Waals surface area (Å²) in [4.78, 5) is 11.7. The largest absolute Gasteiger partial charge is 0.425 e. The molecule has 1 aromatic rings. The van der Waals surface area contributed by atoms with Gasteiger partial charge in [0, 0.05) is 10.9 Å². The Morgan fingerprint density at radius 1 is 1.00 bits per heavy atom. The first-order valence-corrected chi connectivity index (χ1v) is 7.52. The first-order valence-electron chi connectivity index (χ1n) is 5.21. The fourth-order valence-corrected chi connectivity index (χ4v) is 3.00. The molecule has 1 rings (SSSR count). The van der Waals surface area contributed by atoms with Crippen LogP contribution in [0.3, 0.4) is 0 Å². The van der Waals surface area contributed by atoms with E-state index in [4.69, 9.17) is 4.74 Å². The van der Waals surface area contributed by atoms with Gasteiger partial charge in [0.1, 0.15) is 5.75 Å². The van der Waals surface area contributed by atoms with Crippen molar-refractivity contribution in [3.8, 4) is 5.75 Å². The Balaban J connectivity index is 3.30. The second kappa shape index (κ2) is 6.04. The summed E-state index contributed by atoms with van der Waals surface area (Å²) in [6, 6.07) is 0. The third kappa shape index (κ3) is 3.24. The molecular weight excluding hydrogens is 288 g/mol. The van der Waals surface area contributed by atoms with Gasteiger partial charge in [-0.15, -0.1) is 37.0 Å². The molecule has 0 heterocycles. The van der Waals surface area contributed by atoms with Crippen molar-refractivity contribution in [2.75, 3.05) is 0 Å². The van der Waals surface area contributed by atoms with Gasteiger partial charge in [-0.05, 0) is 22.8 Å². The van der Waals surface area contributed by atoms with Crippen molar-refractivity contribution in [1.29, 1.82) is 0 Å². The lowest BCUT2D eigenvalue weighted by molar-refractivity contribution is -0.137. The van der Waals surface area contributed by atoms with Crippen molar-refractivity contribution < 1.29 is 9.53 Å². The minimum Gasteiger partial charge on any atom is -0.425 e. The van der Waals surface area contributed by atoms with Gasteiger partial charge in [0.2, 0.25) is 0 Å². The summed E-state index contributed by atoms with van der Waals surface area (Å²) in [5, 5.41) is 4.10. The first-order chi connectivity index (χ1) is 7.77. The molecule has 0 fully saturated rings. The van der Waals surface area contributed by atoms with E-state index >= 15 is 0 Å². The van der Waals surface area contributed by atoms with Crippen molar-refractivity contribution in [3.63, 3.8) is 0 Å². The second-order valence-electron chi connectivity index (χ2n) is 4.18. The zero-order valence-corrected chi connectivity index (χ0v) is 14.8. The molecule has 0 aliphatic rings. The van der Waals surface area contributed by atoms with Crippen molar-refractivity contribution >= 4 is 64.1 Å². The van der Waals surface area contributed by atoms with Crippen molar-refractivity contribution in [3.05, 3.63) is 5.56 Å². The maximum atomic E-state index is 11.7. The number of benzene rings is 1. The zero-order chi connectivity index (χ0) is 13.3. The quantitative estimate of drug-likeness (QED) is 0.453. The molecule has 1 aromatic carbocycles. The number of rotatable bonds is 2. The molecule has 0 saturated heterocycles. The van der Waals surface area contributed by atoms with Crippen molar-refractivity contribution in [2.45, 2.75) is 20.8 Å². The van der Waals surface area contributed by atoms with Crippen LogP contribution in [0.25, 0.3) is 0 Å². The number of carbonyl (C=O) groups excluding carboxylic acids is 1. The monoisotopic (exact) mass is 306 g/mol. The van der Waals surface area contributed by atoms with Gasteiger partial charge in [0.15, 0.2) is 0 Å². The predicted molar refractivity (Wildman–Crippen MR) is 89.0 cm³/mol. The molecule has 17 heavy (non-hydrogen) atoms. The van der Waals surface area contributed by atoms with Crippen LogP contribution in [0.2, 0.25) is 0 Å². The molecule has 0 radical (unpaired) electrons. The number of esters is 1. The van der Waals surface area contributed by atoms with Crippen molar-refractivity contribution in [2.24, 2.45) is 5.92 Å². The first kappa shape index (κ1) is 15.5. The molecule has 4 atom stereocenters. The van der Waals surface area contributed by atoms with E-state index < -0.39 is 0 Å². The van der Waals surface area contributed by atoms with E-state index in [0.29, 0.717) is 5.75 Å². The highest BCUT2D eigenvalue weighted by molar-refractivity contribution is 7.43. The fraction of sp³-hybridized carbons (Fsp3) is 0.364. The van der Waals surface area contributed by atoms with Gasteiger partial charge in [-0.3, -0.25) is 4.79 Å². The maximum Gasteiger partial charge on any atom is 0.313 e. The maximum absolute atomic E-state index is 11.7. The third-order valence-corrected chi connectivity index (χ3v) is 6.10. The van der Waals surface area contributed by atoms with Gasteiger partial charge < -0.3 is 4.74 Å². The average Bonchev–Trinajstić information content (AvgIpc) is 2.29. The van der Waals surface area contributed by atoms with Crippen LogP contribution in [0.4, 0.5) is 0 Å². The predicted octanol–water partition coefficient (Wildman–Crippen LogP) is 0.558. The highest BCUT2D eigenvalue weighted by atomic mass is 31.0. The van der Waals surface area contributed by atoms with Crippen LogP contribution in [0, 0.1) is 12.8 Å². The van der Waals surface area contributed by atoms with Gasteiger partial charge >= 0.3 is 5.97 Å². The number of hydrogen-bond donors (Lipinski definition) is 0. The Kier molecular flexibility index (Phi) is 5.49. The number of carbonyl (C=O) groups is 1. The standard InChI is InChI=1S/C11H18O2P4/c1-4(2)11(12)13-6-5(3)7(14)9(16)10(17)8(6)15/h4H,14-17H2,1-3H3. The van der Waals surface area contributed by atoms with E-state index in [1.807, 2.05) is 20.8 Å². The molecule has 2 nitrogen and oxygen atoms in total. The van der Waals surface area contributed by atoms with Crippen LogP contribution in [0.1, 0.15) is 19.4 Å². The average molecular weight is 306 g/mol. The molecule has 0 bridgehead atoms. The Hall–Kier alpha value is 0.410. The summed E-state index contributed by atoms with van der Waals surface area (Å²) in [5.74, 6) is 0.312. The summed E-state index contributed by atoms with van der Waals surface area (Å²) in [6.45, 7) is 5.61. The minimum absolute atomic E-state index is 0.129. The van der Waals surface area contributed by atoms with Gasteiger partial charge in [-0.2, -0.15) is 0 Å². The van der Waals surface area contributed by atoms with E-state index in [2.05, 4.69) is 37.0 Å².